The molecule has 7 nitrogen and oxygen atoms in total. The average molecular weight is 451 g/mol. The van der Waals surface area contributed by atoms with E-state index in [4.69, 9.17) is 14.5 Å². The van der Waals surface area contributed by atoms with Gasteiger partial charge in [-0.3, -0.25) is 0 Å². The van der Waals surface area contributed by atoms with Gasteiger partial charge in [-0.05, 0) is 49.4 Å². The minimum atomic E-state index is 0.0371. The summed E-state index contributed by atoms with van der Waals surface area (Å²) in [6, 6.07) is 15.0. The standard InChI is InChI=1S/C26H34N4O3/c1-30(2)22-15-25(29-21-8-6-5-7-20(21)22)28-19-11-9-18(10-12-19)27-16-17-13-23(32-3)26(31)24(14-17)33-4/h5-8,13-15,18-19,27,31H,9-12,16H2,1-4H3,(H,28,29). The maximum Gasteiger partial charge on any atom is 0.200 e. The predicted molar refractivity (Wildman–Crippen MR) is 134 cm³/mol. The number of nitrogens with one attached hydrogen (secondary N) is 2. The molecule has 33 heavy (non-hydrogen) atoms. The number of nitrogens with zero attached hydrogens (tertiary/aromatic N) is 2. The van der Waals surface area contributed by atoms with Gasteiger partial charge in [0.1, 0.15) is 5.82 Å². The molecule has 1 fully saturated rings. The molecule has 0 spiro atoms. The van der Waals surface area contributed by atoms with Gasteiger partial charge in [-0.25, -0.2) is 4.98 Å². The summed E-state index contributed by atoms with van der Waals surface area (Å²) in [6.45, 7) is 0.703. The second-order valence-electron chi connectivity index (χ2n) is 8.86. The predicted octanol–water partition coefficient (Wildman–Crippen LogP) is 4.54. The summed E-state index contributed by atoms with van der Waals surface area (Å²) in [5, 5.41) is 18.6. The highest BCUT2D eigenvalue weighted by molar-refractivity contribution is 5.93. The van der Waals surface area contributed by atoms with Crippen LogP contribution in [0.25, 0.3) is 10.9 Å². The highest BCUT2D eigenvalue weighted by atomic mass is 16.5. The van der Waals surface area contributed by atoms with E-state index in [-0.39, 0.29) is 5.75 Å². The Morgan fingerprint density at radius 1 is 0.970 bits per heavy atom. The Balaban J connectivity index is 1.34. The van der Waals surface area contributed by atoms with Crippen molar-refractivity contribution < 1.29 is 14.6 Å². The van der Waals surface area contributed by atoms with Crippen molar-refractivity contribution in [2.45, 2.75) is 44.3 Å². The van der Waals surface area contributed by atoms with Gasteiger partial charge in [-0.1, -0.05) is 18.2 Å². The van der Waals surface area contributed by atoms with Crippen LogP contribution in [0, 0.1) is 0 Å². The SMILES string of the molecule is COc1cc(CNC2CCC(Nc3cc(N(C)C)c4ccccc4n3)CC2)cc(OC)c1O. The van der Waals surface area contributed by atoms with Gasteiger partial charge in [0.2, 0.25) is 5.75 Å². The number of phenolic OH excluding ortho intramolecular Hbond substituents is 1. The molecule has 176 valence electrons. The van der Waals surface area contributed by atoms with E-state index < -0.39 is 0 Å². The first-order valence-electron chi connectivity index (χ1n) is 11.5. The van der Waals surface area contributed by atoms with Crippen LogP contribution in [-0.2, 0) is 6.54 Å². The molecular formula is C26H34N4O3. The van der Waals surface area contributed by atoms with Gasteiger partial charge in [-0.15, -0.1) is 0 Å². The molecule has 1 aliphatic carbocycles. The van der Waals surface area contributed by atoms with Gasteiger partial charge in [-0.2, -0.15) is 0 Å². The second kappa shape index (κ2) is 10.2. The lowest BCUT2D eigenvalue weighted by Gasteiger charge is -2.30. The Bertz CT molecular complexity index is 1070. The van der Waals surface area contributed by atoms with Crippen LogP contribution in [0.5, 0.6) is 17.2 Å². The van der Waals surface area contributed by atoms with Crippen LogP contribution in [0.4, 0.5) is 11.5 Å². The van der Waals surface area contributed by atoms with Crippen molar-refractivity contribution in [2.75, 3.05) is 38.5 Å². The molecule has 1 saturated carbocycles. The topological polar surface area (TPSA) is 78.9 Å². The maximum atomic E-state index is 10.1. The number of ether oxygens (including phenoxy) is 2. The Morgan fingerprint density at radius 2 is 1.61 bits per heavy atom. The molecule has 0 bridgehead atoms. The third-order valence-electron chi connectivity index (χ3n) is 6.39. The molecule has 2 aromatic carbocycles. The molecular weight excluding hydrogens is 416 g/mol. The molecule has 1 aliphatic rings. The van der Waals surface area contributed by atoms with E-state index in [0.717, 1.165) is 42.6 Å². The van der Waals surface area contributed by atoms with Crippen molar-refractivity contribution in [3.63, 3.8) is 0 Å². The van der Waals surface area contributed by atoms with Gasteiger partial charge in [0, 0.05) is 49.9 Å². The van der Waals surface area contributed by atoms with Crippen molar-refractivity contribution in [1.29, 1.82) is 0 Å². The first-order valence-corrected chi connectivity index (χ1v) is 11.5. The van der Waals surface area contributed by atoms with E-state index in [1.807, 2.05) is 18.2 Å². The second-order valence-corrected chi connectivity index (χ2v) is 8.86. The molecule has 3 N–H and O–H groups in total. The molecule has 1 aromatic heterocycles. The number of benzene rings is 2. The van der Waals surface area contributed by atoms with Crippen LogP contribution in [0.3, 0.4) is 0 Å². The summed E-state index contributed by atoms with van der Waals surface area (Å²) < 4.78 is 10.5. The number of para-hydroxylation sites is 1. The van der Waals surface area contributed by atoms with Crippen molar-refractivity contribution >= 4 is 22.4 Å². The summed E-state index contributed by atoms with van der Waals surface area (Å²) in [5.74, 6) is 1.84. The zero-order valence-corrected chi connectivity index (χ0v) is 19.9. The quantitative estimate of drug-likeness (QED) is 0.465. The third kappa shape index (κ3) is 5.25. The highest BCUT2D eigenvalue weighted by Crippen LogP contribution is 2.37. The lowest BCUT2D eigenvalue weighted by atomic mass is 9.91. The van der Waals surface area contributed by atoms with Crippen molar-refractivity contribution in [3.05, 3.63) is 48.0 Å². The number of fused-ring (bicyclic) bond motifs is 1. The van der Waals surface area contributed by atoms with E-state index in [9.17, 15) is 5.11 Å². The fraction of sp³-hybridized carbons (Fsp3) is 0.423. The van der Waals surface area contributed by atoms with Crippen LogP contribution in [0.2, 0.25) is 0 Å². The van der Waals surface area contributed by atoms with E-state index >= 15 is 0 Å². The molecule has 3 aromatic rings. The Morgan fingerprint density at radius 3 is 2.24 bits per heavy atom. The molecule has 0 radical (unpaired) electrons. The number of pyridine rings is 1. The summed E-state index contributed by atoms with van der Waals surface area (Å²) >= 11 is 0. The number of hydrogen-bond donors (Lipinski definition) is 3. The number of anilines is 2. The van der Waals surface area contributed by atoms with Crippen LogP contribution >= 0.6 is 0 Å². The fourth-order valence-corrected chi connectivity index (χ4v) is 4.56. The first-order chi connectivity index (χ1) is 16.0. The Kier molecular flexibility index (Phi) is 7.08. The molecule has 0 aliphatic heterocycles. The molecule has 0 unspecified atom stereocenters. The van der Waals surface area contributed by atoms with Gasteiger partial charge in [0.25, 0.3) is 0 Å². The normalized spacial score (nSPS) is 18.2. The van der Waals surface area contributed by atoms with E-state index in [2.05, 4.69) is 53.9 Å². The average Bonchev–Trinajstić information content (AvgIpc) is 2.83. The lowest BCUT2D eigenvalue weighted by Crippen LogP contribution is -2.36. The summed E-state index contributed by atoms with van der Waals surface area (Å²) in [7, 11) is 7.24. The fourth-order valence-electron chi connectivity index (χ4n) is 4.56. The van der Waals surface area contributed by atoms with Crippen LogP contribution in [0.15, 0.2) is 42.5 Å². The van der Waals surface area contributed by atoms with Gasteiger partial charge < -0.3 is 30.1 Å². The number of aromatic hydroxyl groups is 1. The van der Waals surface area contributed by atoms with Crippen molar-refractivity contribution in [1.82, 2.24) is 10.3 Å². The molecule has 7 heteroatoms. The summed E-state index contributed by atoms with van der Waals surface area (Å²) in [6.07, 6.45) is 4.37. The minimum Gasteiger partial charge on any atom is -0.502 e. The van der Waals surface area contributed by atoms with Crippen LogP contribution in [0.1, 0.15) is 31.2 Å². The van der Waals surface area contributed by atoms with Crippen LogP contribution in [-0.4, -0.2) is 50.5 Å². The monoisotopic (exact) mass is 450 g/mol. The number of aromatic nitrogens is 1. The zero-order chi connectivity index (χ0) is 23.4. The van der Waals surface area contributed by atoms with Gasteiger partial charge in [0.15, 0.2) is 11.5 Å². The minimum absolute atomic E-state index is 0.0371. The Labute approximate surface area is 195 Å². The summed E-state index contributed by atoms with van der Waals surface area (Å²) in [5.41, 5.74) is 3.22. The molecule has 4 rings (SSSR count). The summed E-state index contributed by atoms with van der Waals surface area (Å²) in [4.78, 5) is 6.99. The van der Waals surface area contributed by atoms with Crippen molar-refractivity contribution in [2.24, 2.45) is 0 Å². The first kappa shape index (κ1) is 23.0. The largest absolute Gasteiger partial charge is 0.502 e. The van der Waals surface area contributed by atoms with Gasteiger partial charge >= 0.3 is 0 Å². The number of hydrogen-bond acceptors (Lipinski definition) is 7. The highest BCUT2D eigenvalue weighted by Gasteiger charge is 2.22. The van der Waals surface area contributed by atoms with Crippen molar-refractivity contribution in [3.8, 4) is 17.2 Å². The van der Waals surface area contributed by atoms with E-state index in [1.54, 1.807) is 14.2 Å². The van der Waals surface area contributed by atoms with Crippen LogP contribution < -0.4 is 25.0 Å². The zero-order valence-electron chi connectivity index (χ0n) is 19.9. The molecule has 0 saturated heterocycles. The lowest BCUT2D eigenvalue weighted by molar-refractivity contribution is 0.336. The molecule has 0 amide bonds. The number of rotatable bonds is 8. The third-order valence-corrected chi connectivity index (χ3v) is 6.39. The van der Waals surface area contributed by atoms with Gasteiger partial charge in [0.05, 0.1) is 19.7 Å². The molecule has 1 heterocycles. The maximum absolute atomic E-state index is 10.1. The van der Waals surface area contributed by atoms with E-state index in [0.29, 0.717) is 30.1 Å². The number of methoxy groups -OCH3 is 2. The molecule has 0 atom stereocenters. The Hall–Kier alpha value is -3.19. The number of phenols is 1. The van der Waals surface area contributed by atoms with E-state index in [1.165, 1.54) is 11.1 Å². The smallest absolute Gasteiger partial charge is 0.200 e.